The van der Waals surface area contributed by atoms with Gasteiger partial charge in [0.1, 0.15) is 11.6 Å². The van der Waals surface area contributed by atoms with E-state index in [1.165, 1.54) is 12.1 Å². The van der Waals surface area contributed by atoms with Crippen molar-refractivity contribution in [2.45, 2.75) is 19.9 Å². The number of carbonyl (C=O) groups is 1. The first kappa shape index (κ1) is 16.4. The third kappa shape index (κ3) is 4.32. The lowest BCUT2D eigenvalue weighted by Gasteiger charge is -2.22. The Morgan fingerprint density at radius 1 is 1.25 bits per heavy atom. The van der Waals surface area contributed by atoms with Crippen LogP contribution < -0.4 is 5.32 Å². The molecule has 1 aromatic carbocycles. The molecular formula is C17H21FN4O2. The number of nitrogens with one attached hydrogen (secondary N) is 1. The summed E-state index contributed by atoms with van der Waals surface area (Å²) in [7, 11) is 0. The molecule has 2 aromatic rings. The zero-order valence-electron chi connectivity index (χ0n) is 13.7. The average Bonchev–Trinajstić information content (AvgIpc) is 2.83. The summed E-state index contributed by atoms with van der Waals surface area (Å²) in [6.45, 7) is 5.57. The molecule has 1 saturated heterocycles. The number of urea groups is 1. The molecule has 2 amide bonds. The van der Waals surface area contributed by atoms with Crippen molar-refractivity contribution in [3.63, 3.8) is 0 Å². The zero-order valence-corrected chi connectivity index (χ0v) is 13.7. The van der Waals surface area contributed by atoms with Gasteiger partial charge in [-0.05, 0) is 31.0 Å². The van der Waals surface area contributed by atoms with E-state index in [4.69, 9.17) is 4.52 Å². The minimum Gasteiger partial charge on any atom is -0.360 e. The normalized spacial score (nSPS) is 16.0. The highest BCUT2D eigenvalue weighted by Crippen LogP contribution is 2.12. The first-order valence-corrected chi connectivity index (χ1v) is 8.06. The first-order chi connectivity index (χ1) is 11.6. The molecule has 1 aliphatic rings. The van der Waals surface area contributed by atoms with E-state index in [1.807, 2.05) is 0 Å². The van der Waals surface area contributed by atoms with Gasteiger partial charge in [0.25, 0.3) is 0 Å². The third-order valence-electron chi connectivity index (χ3n) is 4.06. The minimum absolute atomic E-state index is 0.160. The maximum atomic E-state index is 13.0. The van der Waals surface area contributed by atoms with E-state index in [9.17, 15) is 9.18 Å². The van der Waals surface area contributed by atoms with Gasteiger partial charge in [0.05, 0.1) is 0 Å². The Hall–Kier alpha value is -2.41. The number of aromatic nitrogens is 1. The van der Waals surface area contributed by atoms with E-state index in [2.05, 4.69) is 15.4 Å². The van der Waals surface area contributed by atoms with Crippen LogP contribution in [-0.4, -0.2) is 47.2 Å². The summed E-state index contributed by atoms with van der Waals surface area (Å²) in [4.78, 5) is 16.4. The van der Waals surface area contributed by atoms with Crippen molar-refractivity contribution in [2.75, 3.05) is 31.5 Å². The van der Waals surface area contributed by atoms with Crippen molar-refractivity contribution in [1.29, 1.82) is 0 Å². The fraction of sp³-hybridized carbons (Fsp3) is 0.412. The van der Waals surface area contributed by atoms with Crippen LogP contribution in [0.5, 0.6) is 0 Å². The zero-order chi connectivity index (χ0) is 16.9. The van der Waals surface area contributed by atoms with Crippen LogP contribution in [0.1, 0.15) is 17.7 Å². The number of hydrogen-bond acceptors (Lipinski definition) is 4. The number of amides is 2. The van der Waals surface area contributed by atoms with Gasteiger partial charge in [-0.1, -0.05) is 17.3 Å². The molecule has 1 fully saturated rings. The Bertz CT molecular complexity index is 686. The first-order valence-electron chi connectivity index (χ1n) is 8.06. The number of anilines is 1. The van der Waals surface area contributed by atoms with E-state index < -0.39 is 0 Å². The molecule has 1 N–H and O–H groups in total. The molecule has 1 aliphatic heterocycles. The minimum atomic E-state index is -0.222. The highest BCUT2D eigenvalue weighted by Gasteiger charge is 2.20. The molecule has 0 unspecified atom stereocenters. The number of nitrogens with zero attached hydrogens (tertiary/aromatic N) is 3. The third-order valence-corrected chi connectivity index (χ3v) is 4.06. The van der Waals surface area contributed by atoms with Gasteiger partial charge < -0.3 is 9.42 Å². The topological polar surface area (TPSA) is 61.6 Å². The fourth-order valence-corrected chi connectivity index (χ4v) is 2.79. The van der Waals surface area contributed by atoms with Gasteiger partial charge in [0.2, 0.25) is 0 Å². The monoisotopic (exact) mass is 332 g/mol. The predicted molar refractivity (Wildman–Crippen MR) is 88.1 cm³/mol. The van der Waals surface area contributed by atoms with Gasteiger partial charge in [-0.15, -0.1) is 0 Å². The largest absolute Gasteiger partial charge is 0.360 e. The van der Waals surface area contributed by atoms with Gasteiger partial charge in [-0.25, -0.2) is 9.18 Å². The van der Waals surface area contributed by atoms with Crippen LogP contribution in [-0.2, 0) is 6.54 Å². The van der Waals surface area contributed by atoms with Crippen molar-refractivity contribution in [1.82, 2.24) is 15.0 Å². The van der Waals surface area contributed by atoms with E-state index in [0.29, 0.717) is 24.7 Å². The van der Waals surface area contributed by atoms with Gasteiger partial charge in [-0.2, -0.15) is 0 Å². The van der Waals surface area contributed by atoms with Gasteiger partial charge in [0, 0.05) is 38.8 Å². The second-order valence-corrected chi connectivity index (χ2v) is 6.00. The molecule has 1 aromatic heterocycles. The summed E-state index contributed by atoms with van der Waals surface area (Å²) in [5.74, 6) is 0.872. The van der Waals surface area contributed by atoms with Crippen LogP contribution in [0.4, 0.5) is 15.0 Å². The lowest BCUT2D eigenvalue weighted by atomic mass is 10.2. The molecule has 0 aliphatic carbocycles. The van der Waals surface area contributed by atoms with Crippen molar-refractivity contribution < 1.29 is 13.7 Å². The van der Waals surface area contributed by atoms with Crippen LogP contribution in [0.15, 0.2) is 34.9 Å². The molecule has 2 heterocycles. The lowest BCUT2D eigenvalue weighted by molar-refractivity contribution is 0.210. The summed E-state index contributed by atoms with van der Waals surface area (Å²) in [6, 6.07) is 8.10. The number of rotatable bonds is 3. The van der Waals surface area contributed by atoms with Crippen molar-refractivity contribution in [2.24, 2.45) is 0 Å². The van der Waals surface area contributed by atoms with E-state index >= 15 is 0 Å². The summed E-state index contributed by atoms with van der Waals surface area (Å²) < 4.78 is 17.9. The SMILES string of the molecule is Cc1cc(NC(=O)N2CCCN(Cc3ccc(F)cc3)CC2)no1. The molecule has 24 heavy (non-hydrogen) atoms. The van der Waals surface area contributed by atoms with Gasteiger partial charge in [0.15, 0.2) is 5.82 Å². The Morgan fingerprint density at radius 3 is 2.75 bits per heavy atom. The highest BCUT2D eigenvalue weighted by atomic mass is 19.1. The summed E-state index contributed by atoms with van der Waals surface area (Å²) >= 11 is 0. The van der Waals surface area contributed by atoms with Crippen molar-refractivity contribution >= 4 is 11.8 Å². The molecule has 7 heteroatoms. The summed E-state index contributed by atoms with van der Waals surface area (Å²) in [5, 5.41) is 6.53. The number of carbonyl (C=O) groups excluding carboxylic acids is 1. The molecule has 0 bridgehead atoms. The maximum Gasteiger partial charge on any atom is 0.323 e. The maximum absolute atomic E-state index is 13.0. The fourth-order valence-electron chi connectivity index (χ4n) is 2.79. The van der Waals surface area contributed by atoms with Crippen molar-refractivity contribution in [3.05, 3.63) is 47.5 Å². The standard InChI is InChI=1S/C17H21FN4O2/c1-13-11-16(20-24-13)19-17(23)22-8-2-7-21(9-10-22)12-14-3-5-15(18)6-4-14/h3-6,11H,2,7-10,12H2,1H3,(H,19,20,23). The van der Waals surface area contributed by atoms with Crippen LogP contribution in [0, 0.1) is 12.7 Å². The summed E-state index contributed by atoms with van der Waals surface area (Å²) in [6.07, 6.45) is 0.895. The van der Waals surface area contributed by atoms with Gasteiger partial charge >= 0.3 is 6.03 Å². The summed E-state index contributed by atoms with van der Waals surface area (Å²) in [5.41, 5.74) is 1.08. The Labute approximate surface area is 140 Å². The number of benzene rings is 1. The molecule has 6 nitrogen and oxygen atoms in total. The number of hydrogen-bond donors (Lipinski definition) is 1. The van der Waals surface area contributed by atoms with Crippen molar-refractivity contribution in [3.8, 4) is 0 Å². The van der Waals surface area contributed by atoms with Gasteiger partial charge in [-0.3, -0.25) is 10.2 Å². The molecule has 128 valence electrons. The van der Waals surface area contributed by atoms with Crippen LogP contribution in [0.2, 0.25) is 0 Å². The van der Waals surface area contributed by atoms with Crippen LogP contribution >= 0.6 is 0 Å². The second-order valence-electron chi connectivity index (χ2n) is 6.00. The molecule has 0 atom stereocenters. The average molecular weight is 332 g/mol. The number of halogens is 1. The van der Waals surface area contributed by atoms with Crippen LogP contribution in [0.3, 0.4) is 0 Å². The molecule has 0 radical (unpaired) electrons. The molecular weight excluding hydrogens is 311 g/mol. The predicted octanol–water partition coefficient (Wildman–Crippen LogP) is 2.86. The lowest BCUT2D eigenvalue weighted by Crippen LogP contribution is -2.38. The van der Waals surface area contributed by atoms with E-state index in [0.717, 1.165) is 31.6 Å². The Balaban J connectivity index is 1.52. The van der Waals surface area contributed by atoms with Crippen LogP contribution in [0.25, 0.3) is 0 Å². The molecule has 0 spiro atoms. The Kier molecular flexibility index (Phi) is 5.10. The molecule has 3 rings (SSSR count). The highest BCUT2D eigenvalue weighted by molar-refractivity contribution is 5.88. The van der Waals surface area contributed by atoms with E-state index in [1.54, 1.807) is 30.0 Å². The smallest absolute Gasteiger partial charge is 0.323 e. The molecule has 0 saturated carbocycles. The Morgan fingerprint density at radius 2 is 2.04 bits per heavy atom. The van der Waals surface area contributed by atoms with E-state index in [-0.39, 0.29) is 11.8 Å². The number of aryl methyl sites for hydroxylation is 1. The quantitative estimate of drug-likeness (QED) is 0.939. The second kappa shape index (κ2) is 7.44.